The Balaban J connectivity index is 2.76. The summed E-state index contributed by atoms with van der Waals surface area (Å²) >= 11 is 0. The van der Waals surface area contributed by atoms with Crippen molar-refractivity contribution in [2.24, 2.45) is 5.92 Å². The molecule has 1 aromatic rings. The maximum absolute atomic E-state index is 12.2. The fraction of sp³-hybridized carbons (Fsp3) is 0.647. The summed E-state index contributed by atoms with van der Waals surface area (Å²) < 4.78 is 5.51. The lowest BCUT2D eigenvalue weighted by Crippen LogP contribution is -2.44. The quantitative estimate of drug-likeness (QED) is 0.729. The van der Waals surface area contributed by atoms with Crippen LogP contribution >= 0.6 is 0 Å². The van der Waals surface area contributed by atoms with Gasteiger partial charge in [-0.15, -0.1) is 0 Å². The zero-order valence-corrected chi connectivity index (χ0v) is 14.7. The molecule has 1 aromatic heterocycles. The van der Waals surface area contributed by atoms with Crippen molar-refractivity contribution in [3.05, 3.63) is 23.2 Å². The highest BCUT2D eigenvalue weighted by atomic mass is 16.4. The van der Waals surface area contributed by atoms with Crippen LogP contribution in [0.3, 0.4) is 0 Å². The molecule has 1 atom stereocenters. The molecule has 0 aromatic carbocycles. The number of hydrogen-bond acceptors (Lipinski definition) is 4. The average molecular weight is 324 g/mol. The van der Waals surface area contributed by atoms with E-state index in [4.69, 9.17) is 9.52 Å². The number of aryl methyl sites for hydroxylation is 1. The minimum Gasteiger partial charge on any atom is -0.480 e. The summed E-state index contributed by atoms with van der Waals surface area (Å²) in [5.74, 6) is -0.886. The zero-order valence-electron chi connectivity index (χ0n) is 14.7. The minimum absolute atomic E-state index is 0.160. The van der Waals surface area contributed by atoms with E-state index in [1.807, 2.05) is 14.0 Å². The average Bonchev–Trinajstić information content (AvgIpc) is 2.82. The molecule has 23 heavy (non-hydrogen) atoms. The Morgan fingerprint density at radius 3 is 2.57 bits per heavy atom. The summed E-state index contributed by atoms with van der Waals surface area (Å²) in [6.07, 6.45) is 2.25. The molecule has 2 N–H and O–H groups in total. The lowest BCUT2D eigenvalue weighted by Gasteiger charge is -2.16. The number of amides is 1. The van der Waals surface area contributed by atoms with E-state index in [2.05, 4.69) is 17.1 Å². The number of aliphatic carboxylic acids is 1. The van der Waals surface area contributed by atoms with Crippen LogP contribution in [0.5, 0.6) is 0 Å². The number of rotatable bonds is 9. The van der Waals surface area contributed by atoms with E-state index in [0.29, 0.717) is 12.3 Å². The molecule has 0 saturated carbocycles. The van der Waals surface area contributed by atoms with Gasteiger partial charge < -0.3 is 19.7 Å². The second-order valence-electron chi connectivity index (χ2n) is 6.32. The molecule has 0 aliphatic carbocycles. The van der Waals surface area contributed by atoms with E-state index in [1.165, 1.54) is 0 Å². The van der Waals surface area contributed by atoms with Crippen molar-refractivity contribution in [2.45, 2.75) is 53.1 Å². The van der Waals surface area contributed by atoms with E-state index >= 15 is 0 Å². The summed E-state index contributed by atoms with van der Waals surface area (Å²) in [4.78, 5) is 25.6. The number of carbonyl (C=O) groups excluding carboxylic acids is 1. The van der Waals surface area contributed by atoms with E-state index in [1.54, 1.807) is 19.9 Å². The maximum Gasteiger partial charge on any atom is 0.326 e. The Labute approximate surface area is 137 Å². The zero-order chi connectivity index (χ0) is 17.6. The molecule has 6 heteroatoms. The van der Waals surface area contributed by atoms with Gasteiger partial charge in [0.05, 0.1) is 0 Å². The van der Waals surface area contributed by atoms with Crippen LogP contribution in [0, 0.1) is 12.8 Å². The molecular formula is C17H28N2O4. The molecule has 1 unspecified atom stereocenters. The standard InChI is InChI=1S/C17H28N2O4/c1-6-7-8-19(5)10-13-9-14(23-12(13)4)16(20)18-15(11(2)3)17(21)22/h9,11,15H,6-8,10H2,1-5H3,(H,18,20)(H,21,22). The number of carbonyl (C=O) groups is 2. The Bertz CT molecular complexity index is 537. The number of furan rings is 1. The number of carboxylic acid groups (broad SMARTS) is 1. The number of hydrogen-bond donors (Lipinski definition) is 2. The Morgan fingerprint density at radius 2 is 2.04 bits per heavy atom. The van der Waals surface area contributed by atoms with Gasteiger partial charge in [-0.05, 0) is 38.9 Å². The fourth-order valence-corrected chi connectivity index (χ4v) is 2.31. The molecule has 0 bridgehead atoms. The van der Waals surface area contributed by atoms with Crippen molar-refractivity contribution in [1.82, 2.24) is 10.2 Å². The van der Waals surface area contributed by atoms with Crippen LogP contribution in [0.2, 0.25) is 0 Å². The number of carboxylic acids is 1. The van der Waals surface area contributed by atoms with Gasteiger partial charge in [0.15, 0.2) is 5.76 Å². The van der Waals surface area contributed by atoms with Crippen molar-refractivity contribution < 1.29 is 19.1 Å². The van der Waals surface area contributed by atoms with Crippen LogP contribution in [0.4, 0.5) is 0 Å². The molecule has 0 spiro atoms. The normalized spacial score (nSPS) is 12.7. The molecule has 0 aliphatic heterocycles. The van der Waals surface area contributed by atoms with Crippen LogP contribution in [0.25, 0.3) is 0 Å². The second kappa shape index (κ2) is 8.72. The third-order valence-electron chi connectivity index (χ3n) is 3.80. The summed E-state index contributed by atoms with van der Waals surface area (Å²) in [6.45, 7) is 9.15. The molecule has 1 heterocycles. The Hall–Kier alpha value is -1.82. The third kappa shape index (κ3) is 5.71. The van der Waals surface area contributed by atoms with E-state index in [-0.39, 0.29) is 11.7 Å². The van der Waals surface area contributed by atoms with Gasteiger partial charge in [-0.2, -0.15) is 0 Å². The molecule has 1 rings (SSSR count). The topological polar surface area (TPSA) is 82.8 Å². The highest BCUT2D eigenvalue weighted by Crippen LogP contribution is 2.17. The highest BCUT2D eigenvalue weighted by Gasteiger charge is 2.25. The van der Waals surface area contributed by atoms with Gasteiger partial charge in [0.25, 0.3) is 5.91 Å². The van der Waals surface area contributed by atoms with Crippen LogP contribution in [0.1, 0.15) is 55.5 Å². The predicted octanol–water partition coefficient (Wildman–Crippen LogP) is 2.66. The van der Waals surface area contributed by atoms with Crippen LogP contribution < -0.4 is 5.32 Å². The van der Waals surface area contributed by atoms with Crippen LogP contribution in [-0.4, -0.2) is 41.5 Å². The van der Waals surface area contributed by atoms with E-state index < -0.39 is 17.9 Å². The van der Waals surface area contributed by atoms with Crippen molar-refractivity contribution in [1.29, 1.82) is 0 Å². The fourth-order valence-electron chi connectivity index (χ4n) is 2.31. The van der Waals surface area contributed by atoms with Crippen molar-refractivity contribution in [3.63, 3.8) is 0 Å². The minimum atomic E-state index is -1.05. The van der Waals surface area contributed by atoms with Gasteiger partial charge in [-0.3, -0.25) is 4.79 Å². The predicted molar refractivity (Wildman–Crippen MR) is 88.4 cm³/mol. The molecule has 0 fully saturated rings. The van der Waals surface area contributed by atoms with E-state index in [9.17, 15) is 9.59 Å². The smallest absolute Gasteiger partial charge is 0.326 e. The first-order valence-electron chi connectivity index (χ1n) is 8.07. The van der Waals surface area contributed by atoms with Crippen LogP contribution in [0.15, 0.2) is 10.5 Å². The molecule has 0 radical (unpaired) electrons. The molecule has 1 amide bonds. The summed E-state index contributed by atoms with van der Waals surface area (Å²) in [7, 11) is 2.03. The summed E-state index contributed by atoms with van der Waals surface area (Å²) in [6, 6.07) is 0.774. The van der Waals surface area contributed by atoms with Crippen molar-refractivity contribution in [2.75, 3.05) is 13.6 Å². The van der Waals surface area contributed by atoms with Crippen molar-refractivity contribution >= 4 is 11.9 Å². The molecule has 130 valence electrons. The van der Waals surface area contributed by atoms with Gasteiger partial charge in [0.2, 0.25) is 0 Å². The van der Waals surface area contributed by atoms with E-state index in [0.717, 1.165) is 24.9 Å². The number of nitrogens with zero attached hydrogens (tertiary/aromatic N) is 1. The first-order chi connectivity index (χ1) is 10.8. The van der Waals surface area contributed by atoms with Gasteiger partial charge in [-0.25, -0.2) is 4.79 Å². The molecule has 0 aliphatic rings. The Morgan fingerprint density at radius 1 is 1.39 bits per heavy atom. The first kappa shape index (κ1) is 19.2. The number of unbranched alkanes of at least 4 members (excludes halogenated alkanes) is 1. The highest BCUT2D eigenvalue weighted by molar-refractivity contribution is 5.94. The van der Waals surface area contributed by atoms with Crippen molar-refractivity contribution in [3.8, 4) is 0 Å². The summed E-state index contributed by atoms with van der Waals surface area (Å²) in [5, 5.41) is 11.7. The lowest BCUT2D eigenvalue weighted by atomic mass is 10.0. The van der Waals surface area contributed by atoms with Gasteiger partial charge in [-0.1, -0.05) is 27.2 Å². The summed E-state index contributed by atoms with van der Waals surface area (Å²) in [5.41, 5.74) is 0.949. The third-order valence-corrected chi connectivity index (χ3v) is 3.80. The molecular weight excluding hydrogens is 296 g/mol. The monoisotopic (exact) mass is 324 g/mol. The SMILES string of the molecule is CCCCN(C)Cc1cc(C(=O)NC(C(=O)O)C(C)C)oc1C. The van der Waals surface area contributed by atoms with Gasteiger partial charge in [0.1, 0.15) is 11.8 Å². The lowest BCUT2D eigenvalue weighted by molar-refractivity contribution is -0.140. The molecule has 6 nitrogen and oxygen atoms in total. The Kier molecular flexibility index (Phi) is 7.29. The largest absolute Gasteiger partial charge is 0.480 e. The first-order valence-corrected chi connectivity index (χ1v) is 8.07. The van der Waals surface area contributed by atoms with Crippen LogP contribution in [-0.2, 0) is 11.3 Å². The molecule has 0 saturated heterocycles. The second-order valence-corrected chi connectivity index (χ2v) is 6.32. The van der Waals surface area contributed by atoms with Gasteiger partial charge >= 0.3 is 5.97 Å². The maximum atomic E-state index is 12.2. The number of nitrogens with one attached hydrogen (secondary N) is 1. The van der Waals surface area contributed by atoms with Gasteiger partial charge in [0, 0.05) is 12.1 Å².